The summed E-state index contributed by atoms with van der Waals surface area (Å²) in [5.41, 5.74) is 0.144. The second-order valence-corrected chi connectivity index (χ2v) is 7.76. The van der Waals surface area contributed by atoms with Gasteiger partial charge in [-0.1, -0.05) is 0 Å². The summed E-state index contributed by atoms with van der Waals surface area (Å²) in [5, 5.41) is 9.71. The van der Waals surface area contributed by atoms with E-state index >= 15 is 0 Å². The minimum atomic E-state index is -0.439. The molecule has 23 heavy (non-hydrogen) atoms. The summed E-state index contributed by atoms with van der Waals surface area (Å²) in [4.78, 5) is 18.1. The van der Waals surface area contributed by atoms with Gasteiger partial charge in [0.25, 0.3) is 0 Å². The monoisotopic (exact) mass is 333 g/mol. The Morgan fingerprint density at radius 3 is 2.65 bits per heavy atom. The molecule has 0 bridgehead atoms. The van der Waals surface area contributed by atoms with E-state index in [1.807, 2.05) is 26.8 Å². The molecular formula is C17H23N3O2S. The van der Waals surface area contributed by atoms with Gasteiger partial charge in [0.05, 0.1) is 10.6 Å². The van der Waals surface area contributed by atoms with Crippen LogP contribution in [-0.2, 0) is 4.74 Å². The summed E-state index contributed by atoms with van der Waals surface area (Å²) in [7, 11) is 0. The topological polar surface area (TPSA) is 66.2 Å². The summed E-state index contributed by atoms with van der Waals surface area (Å²) in [5.74, 6) is 1.57. The van der Waals surface area contributed by atoms with E-state index in [1.165, 1.54) is 0 Å². The molecule has 5 nitrogen and oxygen atoms in total. The van der Waals surface area contributed by atoms with Gasteiger partial charge in [-0.3, -0.25) is 0 Å². The largest absolute Gasteiger partial charge is 0.444 e. The highest BCUT2D eigenvalue weighted by Crippen LogP contribution is 2.26. The fourth-order valence-corrected chi connectivity index (χ4v) is 3.38. The van der Waals surface area contributed by atoms with Gasteiger partial charge in [-0.05, 0) is 51.7 Å². The maximum atomic E-state index is 12.0. The van der Waals surface area contributed by atoms with Crippen LogP contribution in [0.25, 0.3) is 0 Å². The van der Waals surface area contributed by atoms with Gasteiger partial charge in [-0.25, -0.2) is 9.78 Å². The average molecular weight is 333 g/mol. The lowest BCUT2D eigenvalue weighted by molar-refractivity contribution is 0.0191. The van der Waals surface area contributed by atoms with Crippen LogP contribution in [0, 0.1) is 17.2 Å². The Balaban J connectivity index is 1.74. The number of aromatic nitrogens is 1. The molecule has 0 aromatic carbocycles. The molecule has 1 aliphatic heterocycles. The number of pyridine rings is 1. The van der Waals surface area contributed by atoms with Gasteiger partial charge in [-0.2, -0.15) is 5.26 Å². The van der Waals surface area contributed by atoms with Crippen molar-refractivity contribution >= 4 is 17.9 Å². The molecule has 1 aromatic rings. The first kappa shape index (κ1) is 17.6. The number of amides is 1. The smallest absolute Gasteiger partial charge is 0.410 e. The molecule has 1 aromatic heterocycles. The SMILES string of the molecule is CC(C)(C)OC(=O)N1CCC(CSc2ccc(C#N)cn2)CC1. The fraction of sp³-hybridized carbons (Fsp3) is 0.588. The van der Waals surface area contributed by atoms with Gasteiger partial charge in [0.15, 0.2) is 0 Å². The molecule has 0 atom stereocenters. The number of piperidine rings is 1. The van der Waals surface area contributed by atoms with Crippen LogP contribution in [0.4, 0.5) is 4.79 Å². The number of nitriles is 1. The van der Waals surface area contributed by atoms with Gasteiger partial charge in [0.1, 0.15) is 11.7 Å². The number of nitrogens with zero attached hydrogens (tertiary/aromatic N) is 3. The van der Waals surface area contributed by atoms with Crippen LogP contribution in [0.15, 0.2) is 23.4 Å². The molecule has 0 spiro atoms. The van der Waals surface area contributed by atoms with Crippen molar-refractivity contribution in [3.8, 4) is 6.07 Å². The third-order valence-corrected chi connectivity index (χ3v) is 4.77. The van der Waals surface area contributed by atoms with Crippen molar-refractivity contribution in [1.29, 1.82) is 5.26 Å². The first-order valence-electron chi connectivity index (χ1n) is 7.84. The number of carbonyl (C=O) groups is 1. The predicted molar refractivity (Wildman–Crippen MR) is 90.2 cm³/mol. The molecular weight excluding hydrogens is 310 g/mol. The molecule has 0 saturated carbocycles. The van der Waals surface area contributed by atoms with Gasteiger partial charge in [0.2, 0.25) is 0 Å². The summed E-state index contributed by atoms with van der Waals surface area (Å²) in [6.45, 7) is 7.17. The number of carbonyl (C=O) groups excluding carboxylic acids is 1. The third-order valence-electron chi connectivity index (χ3n) is 3.60. The van der Waals surface area contributed by atoms with Crippen LogP contribution in [0.1, 0.15) is 39.2 Å². The Morgan fingerprint density at radius 2 is 2.13 bits per heavy atom. The van der Waals surface area contributed by atoms with E-state index in [-0.39, 0.29) is 6.09 Å². The Hall–Kier alpha value is -1.74. The molecule has 1 fully saturated rings. The van der Waals surface area contributed by atoms with Crippen molar-refractivity contribution < 1.29 is 9.53 Å². The van der Waals surface area contributed by atoms with Crippen molar-refractivity contribution in [3.63, 3.8) is 0 Å². The molecule has 0 radical (unpaired) electrons. The minimum Gasteiger partial charge on any atom is -0.444 e. The van der Waals surface area contributed by atoms with Gasteiger partial charge in [0, 0.05) is 25.0 Å². The predicted octanol–water partition coefficient (Wildman–Crippen LogP) is 3.69. The van der Waals surface area contributed by atoms with Crippen LogP contribution >= 0.6 is 11.8 Å². The highest BCUT2D eigenvalue weighted by molar-refractivity contribution is 7.99. The van der Waals surface area contributed by atoms with Crippen LogP contribution in [0.2, 0.25) is 0 Å². The zero-order chi connectivity index (χ0) is 16.9. The lowest BCUT2D eigenvalue weighted by Gasteiger charge is -2.33. The molecule has 6 heteroatoms. The highest BCUT2D eigenvalue weighted by Gasteiger charge is 2.26. The Bertz CT molecular complexity index is 567. The van der Waals surface area contributed by atoms with Crippen LogP contribution in [0.3, 0.4) is 0 Å². The van der Waals surface area contributed by atoms with E-state index < -0.39 is 5.60 Å². The molecule has 1 amide bonds. The van der Waals surface area contributed by atoms with E-state index in [2.05, 4.69) is 11.1 Å². The summed E-state index contributed by atoms with van der Waals surface area (Å²) < 4.78 is 5.41. The summed E-state index contributed by atoms with van der Waals surface area (Å²) in [6, 6.07) is 5.75. The minimum absolute atomic E-state index is 0.211. The number of likely N-dealkylation sites (tertiary alicyclic amines) is 1. The molecule has 0 aliphatic carbocycles. The van der Waals surface area contributed by atoms with Gasteiger partial charge < -0.3 is 9.64 Å². The number of hydrogen-bond acceptors (Lipinski definition) is 5. The molecule has 124 valence electrons. The van der Waals surface area contributed by atoms with Crippen molar-refractivity contribution in [1.82, 2.24) is 9.88 Å². The fourth-order valence-electron chi connectivity index (χ4n) is 2.34. The second kappa shape index (κ2) is 7.69. The van der Waals surface area contributed by atoms with E-state index in [4.69, 9.17) is 10.00 Å². The van der Waals surface area contributed by atoms with Crippen LogP contribution in [0.5, 0.6) is 0 Å². The zero-order valence-corrected chi connectivity index (χ0v) is 14.7. The second-order valence-electron chi connectivity index (χ2n) is 6.72. The van der Waals surface area contributed by atoms with Crippen molar-refractivity contribution in [2.75, 3.05) is 18.8 Å². The molecule has 0 N–H and O–H groups in total. The average Bonchev–Trinajstić information content (AvgIpc) is 2.52. The Kier molecular flexibility index (Phi) is 5.89. The van der Waals surface area contributed by atoms with Crippen LogP contribution in [-0.4, -0.2) is 40.4 Å². The van der Waals surface area contributed by atoms with Crippen LogP contribution < -0.4 is 0 Å². The van der Waals surface area contributed by atoms with Gasteiger partial charge in [-0.15, -0.1) is 11.8 Å². The maximum absolute atomic E-state index is 12.0. The van der Waals surface area contributed by atoms with Crippen molar-refractivity contribution in [2.45, 2.75) is 44.2 Å². The number of ether oxygens (including phenoxy) is 1. The molecule has 1 aliphatic rings. The zero-order valence-electron chi connectivity index (χ0n) is 13.9. The first-order chi connectivity index (χ1) is 10.9. The molecule has 0 unspecified atom stereocenters. The number of rotatable bonds is 3. The Labute approximate surface area is 142 Å². The summed E-state index contributed by atoms with van der Waals surface area (Å²) >= 11 is 1.71. The van der Waals surface area contributed by atoms with Gasteiger partial charge >= 0.3 is 6.09 Å². The molecule has 2 heterocycles. The highest BCUT2D eigenvalue weighted by atomic mass is 32.2. The standard InChI is InChI=1S/C17H23N3O2S/c1-17(2,3)22-16(21)20-8-6-13(7-9-20)12-23-15-5-4-14(10-18)11-19-15/h4-5,11,13H,6-9,12H2,1-3H3. The first-order valence-corrected chi connectivity index (χ1v) is 8.83. The molecule has 2 rings (SSSR count). The maximum Gasteiger partial charge on any atom is 0.410 e. The lowest BCUT2D eigenvalue weighted by atomic mass is 9.99. The molecule has 1 saturated heterocycles. The van der Waals surface area contributed by atoms with E-state index in [9.17, 15) is 4.79 Å². The van der Waals surface area contributed by atoms with E-state index in [1.54, 1.807) is 28.9 Å². The number of hydrogen-bond donors (Lipinski definition) is 0. The lowest BCUT2D eigenvalue weighted by Crippen LogP contribution is -2.42. The van der Waals surface area contributed by atoms with Crippen molar-refractivity contribution in [3.05, 3.63) is 23.9 Å². The third kappa shape index (κ3) is 5.76. The summed E-state index contributed by atoms with van der Waals surface area (Å²) in [6.07, 6.45) is 3.37. The van der Waals surface area contributed by atoms with Crippen molar-refractivity contribution in [2.24, 2.45) is 5.92 Å². The quantitative estimate of drug-likeness (QED) is 0.789. The normalized spacial score (nSPS) is 16.0. The number of thioether (sulfide) groups is 1. The Morgan fingerprint density at radius 1 is 1.43 bits per heavy atom. The van der Waals surface area contributed by atoms with E-state index in [0.717, 1.165) is 36.7 Å². The van der Waals surface area contributed by atoms with E-state index in [0.29, 0.717) is 11.5 Å².